The highest BCUT2D eigenvalue weighted by atomic mass is 19.1. The predicted molar refractivity (Wildman–Crippen MR) is 99.6 cm³/mol. The van der Waals surface area contributed by atoms with Crippen LogP contribution in [0.25, 0.3) is 0 Å². The lowest BCUT2D eigenvalue weighted by Gasteiger charge is -2.72. The zero-order valence-electron chi connectivity index (χ0n) is 15.7. The van der Waals surface area contributed by atoms with Crippen molar-refractivity contribution in [2.45, 2.75) is 38.6 Å². The van der Waals surface area contributed by atoms with Crippen LogP contribution in [0.15, 0.2) is 36.5 Å². The van der Waals surface area contributed by atoms with Gasteiger partial charge in [-0.25, -0.2) is 8.78 Å². The van der Waals surface area contributed by atoms with Gasteiger partial charge < -0.3 is 10.6 Å². The molecule has 5 rings (SSSR count). The fraction of sp³-hybridized carbons (Fsp3) is 0.381. The van der Waals surface area contributed by atoms with Crippen LogP contribution in [0, 0.1) is 29.9 Å². The van der Waals surface area contributed by atoms with Crippen LogP contribution < -0.4 is 10.6 Å². The van der Waals surface area contributed by atoms with Gasteiger partial charge in [-0.3, -0.25) is 14.6 Å². The van der Waals surface area contributed by atoms with Gasteiger partial charge in [-0.1, -0.05) is 6.92 Å². The van der Waals surface area contributed by atoms with E-state index >= 15 is 0 Å². The van der Waals surface area contributed by atoms with E-state index in [1.807, 2.05) is 6.92 Å². The normalized spacial score (nSPS) is 25.9. The smallest absolute Gasteiger partial charge is 0.253 e. The van der Waals surface area contributed by atoms with Crippen molar-refractivity contribution in [3.8, 4) is 0 Å². The number of halogens is 2. The Bertz CT molecular complexity index is 939. The number of aromatic nitrogens is 1. The van der Waals surface area contributed by atoms with Gasteiger partial charge in [0.15, 0.2) is 0 Å². The summed E-state index contributed by atoms with van der Waals surface area (Å²) in [6.07, 6.45) is 3.51. The summed E-state index contributed by atoms with van der Waals surface area (Å²) in [5.74, 6) is -1.55. The number of nitrogens with zero attached hydrogens (tertiary/aromatic N) is 1. The van der Waals surface area contributed by atoms with Gasteiger partial charge in [0, 0.05) is 23.3 Å². The minimum absolute atomic E-state index is 0.115. The average Bonchev–Trinajstić information content (AvgIpc) is 2.60. The quantitative estimate of drug-likeness (QED) is 0.826. The van der Waals surface area contributed by atoms with E-state index in [0.29, 0.717) is 24.9 Å². The maximum absolute atomic E-state index is 13.6. The van der Waals surface area contributed by atoms with Gasteiger partial charge in [-0.05, 0) is 61.9 Å². The predicted octanol–water partition coefficient (Wildman–Crippen LogP) is 3.60. The molecule has 5 nitrogen and oxygen atoms in total. The molecule has 1 aromatic carbocycles. The second-order valence-electron chi connectivity index (χ2n) is 8.14. The largest absolute Gasteiger partial charge is 0.346 e. The Morgan fingerprint density at radius 3 is 2.39 bits per heavy atom. The lowest BCUT2D eigenvalue weighted by atomic mass is 9.36. The molecular formula is C21H21F2N3O2. The fourth-order valence-corrected chi connectivity index (χ4v) is 4.46. The van der Waals surface area contributed by atoms with Crippen molar-refractivity contribution in [3.63, 3.8) is 0 Å². The lowest BCUT2D eigenvalue weighted by molar-refractivity contribution is -0.184. The van der Waals surface area contributed by atoms with Crippen molar-refractivity contribution < 1.29 is 18.4 Å². The van der Waals surface area contributed by atoms with E-state index in [1.54, 1.807) is 6.92 Å². The second kappa shape index (κ2) is 6.36. The maximum Gasteiger partial charge on any atom is 0.253 e. The molecule has 2 aromatic rings. The molecule has 0 radical (unpaired) electrons. The molecule has 2 N–H and O–H groups in total. The molecule has 1 heterocycles. The van der Waals surface area contributed by atoms with Crippen LogP contribution in [0.5, 0.6) is 0 Å². The van der Waals surface area contributed by atoms with Gasteiger partial charge in [-0.15, -0.1) is 0 Å². The molecular weight excluding hydrogens is 364 g/mol. The number of amides is 2. The molecule has 1 aromatic heterocycles. The zero-order chi connectivity index (χ0) is 20.1. The summed E-state index contributed by atoms with van der Waals surface area (Å²) in [6, 6.07) is 6.84. The third kappa shape index (κ3) is 3.04. The number of anilines is 1. The average molecular weight is 385 g/mol. The van der Waals surface area contributed by atoms with Crippen molar-refractivity contribution in [1.82, 2.24) is 10.3 Å². The van der Waals surface area contributed by atoms with Crippen LogP contribution in [-0.2, 0) is 4.79 Å². The van der Waals surface area contributed by atoms with E-state index in [1.165, 1.54) is 36.5 Å². The van der Waals surface area contributed by atoms with E-state index in [-0.39, 0.29) is 45.8 Å². The number of pyridine rings is 1. The third-order valence-electron chi connectivity index (χ3n) is 6.16. The van der Waals surface area contributed by atoms with Crippen molar-refractivity contribution in [3.05, 3.63) is 59.4 Å². The van der Waals surface area contributed by atoms with Crippen molar-refractivity contribution >= 4 is 17.5 Å². The minimum atomic E-state index is -0.507. The van der Waals surface area contributed by atoms with Gasteiger partial charge in [0.25, 0.3) is 5.91 Å². The summed E-state index contributed by atoms with van der Waals surface area (Å²) in [7, 11) is 0. The van der Waals surface area contributed by atoms with Crippen molar-refractivity contribution in [2.24, 2.45) is 11.3 Å². The SMILES string of the molecule is Cc1ncc(C(=O)NC23CC([C@H](C)C(=O)Nc4ccc(F)cc4)(C2)C3)cc1F. The van der Waals surface area contributed by atoms with Crippen LogP contribution in [0.3, 0.4) is 0 Å². The first-order chi connectivity index (χ1) is 13.2. The molecule has 3 aliphatic rings. The molecule has 7 heteroatoms. The topological polar surface area (TPSA) is 71.1 Å². The van der Waals surface area contributed by atoms with E-state index in [2.05, 4.69) is 15.6 Å². The first-order valence-corrected chi connectivity index (χ1v) is 9.23. The lowest BCUT2D eigenvalue weighted by Crippen LogP contribution is -2.77. The Morgan fingerprint density at radius 2 is 1.79 bits per heavy atom. The van der Waals surface area contributed by atoms with Crippen LogP contribution >= 0.6 is 0 Å². The first-order valence-electron chi connectivity index (χ1n) is 9.23. The summed E-state index contributed by atoms with van der Waals surface area (Å²) in [5, 5.41) is 5.79. The number of carbonyl (C=O) groups excluding carboxylic acids is 2. The zero-order valence-corrected chi connectivity index (χ0v) is 15.7. The number of nitrogens with one attached hydrogen (secondary N) is 2. The highest BCUT2D eigenvalue weighted by Gasteiger charge is 2.71. The number of aryl methyl sites for hydroxylation is 1. The molecule has 2 bridgehead atoms. The van der Waals surface area contributed by atoms with Crippen LogP contribution in [-0.4, -0.2) is 22.3 Å². The van der Waals surface area contributed by atoms with E-state index < -0.39 is 5.82 Å². The summed E-state index contributed by atoms with van der Waals surface area (Å²) >= 11 is 0. The molecule has 2 amide bonds. The van der Waals surface area contributed by atoms with Crippen LogP contribution in [0.4, 0.5) is 14.5 Å². The fourth-order valence-electron chi connectivity index (χ4n) is 4.46. The van der Waals surface area contributed by atoms with E-state index in [0.717, 1.165) is 0 Å². The van der Waals surface area contributed by atoms with Gasteiger partial charge in [0.1, 0.15) is 11.6 Å². The molecule has 0 unspecified atom stereocenters. The molecule has 146 valence electrons. The van der Waals surface area contributed by atoms with Gasteiger partial charge in [0.05, 0.1) is 11.3 Å². The number of rotatable bonds is 5. The van der Waals surface area contributed by atoms with Gasteiger partial charge in [-0.2, -0.15) is 0 Å². The van der Waals surface area contributed by atoms with Crippen molar-refractivity contribution in [1.29, 1.82) is 0 Å². The van der Waals surface area contributed by atoms with Crippen LogP contribution in [0.1, 0.15) is 42.2 Å². The standard InChI is InChI=1S/C21H21F2N3O2/c1-12(18(27)25-16-5-3-15(22)4-6-16)20-9-21(10-20,11-20)26-19(28)14-7-17(23)13(2)24-8-14/h3-8,12H,9-11H2,1-2H3,(H,25,27)(H,26,28)/t12-,20?,21?/m1/s1. The molecule has 0 spiro atoms. The first kappa shape index (κ1) is 18.5. The Morgan fingerprint density at radius 1 is 1.14 bits per heavy atom. The van der Waals surface area contributed by atoms with Gasteiger partial charge in [0.2, 0.25) is 5.91 Å². The monoisotopic (exact) mass is 385 g/mol. The summed E-state index contributed by atoms with van der Waals surface area (Å²) < 4.78 is 26.6. The Balaban J connectivity index is 1.34. The Labute approximate surface area is 161 Å². The van der Waals surface area contributed by atoms with Crippen molar-refractivity contribution in [2.75, 3.05) is 5.32 Å². The molecule has 0 saturated heterocycles. The summed E-state index contributed by atoms with van der Waals surface area (Å²) in [5.41, 5.74) is 0.560. The number of hydrogen-bond acceptors (Lipinski definition) is 3. The number of hydrogen-bond donors (Lipinski definition) is 2. The molecule has 3 saturated carbocycles. The molecule has 3 fully saturated rings. The molecule has 0 aliphatic heterocycles. The maximum atomic E-state index is 13.6. The highest BCUT2D eigenvalue weighted by Crippen LogP contribution is 2.70. The van der Waals surface area contributed by atoms with Crippen LogP contribution in [0.2, 0.25) is 0 Å². The minimum Gasteiger partial charge on any atom is -0.346 e. The molecule has 3 aliphatic carbocycles. The second-order valence-corrected chi connectivity index (χ2v) is 8.14. The van der Waals surface area contributed by atoms with Gasteiger partial charge >= 0.3 is 0 Å². The third-order valence-corrected chi connectivity index (χ3v) is 6.16. The van der Waals surface area contributed by atoms with E-state index in [9.17, 15) is 18.4 Å². The molecule has 1 atom stereocenters. The number of benzene rings is 1. The number of carbonyl (C=O) groups is 2. The Kier molecular flexibility index (Phi) is 4.21. The molecule has 28 heavy (non-hydrogen) atoms. The summed E-state index contributed by atoms with van der Waals surface area (Å²) in [4.78, 5) is 28.8. The van der Waals surface area contributed by atoms with E-state index in [4.69, 9.17) is 0 Å². The summed E-state index contributed by atoms with van der Waals surface area (Å²) in [6.45, 7) is 3.42. The highest BCUT2D eigenvalue weighted by molar-refractivity contribution is 5.95. The Hall–Kier alpha value is -2.83.